The van der Waals surface area contributed by atoms with Crippen LogP contribution in [0.4, 0.5) is 4.79 Å². The Balaban J connectivity index is 1.75. The standard InChI is InChI=1S/C15H17N3O4S/c19-12-6-5-9(7-16-12)14(21)17-10-3-1-2-4-11(10)18-13(20)8-23-15(18)22/h5-7,10-11H,1-4,8H2,(H,16,19)(H,17,21)/t10-,11-/m1/s1. The van der Waals surface area contributed by atoms with Gasteiger partial charge < -0.3 is 10.3 Å². The van der Waals surface area contributed by atoms with Gasteiger partial charge in [0, 0.05) is 12.3 Å². The molecule has 122 valence electrons. The lowest BCUT2D eigenvalue weighted by atomic mass is 9.89. The van der Waals surface area contributed by atoms with Gasteiger partial charge in [0.2, 0.25) is 11.5 Å². The Kier molecular flexibility index (Phi) is 4.51. The topological polar surface area (TPSA) is 99.3 Å². The summed E-state index contributed by atoms with van der Waals surface area (Å²) in [4.78, 5) is 51.0. The van der Waals surface area contributed by atoms with Gasteiger partial charge >= 0.3 is 0 Å². The van der Waals surface area contributed by atoms with E-state index in [0.717, 1.165) is 31.0 Å². The van der Waals surface area contributed by atoms with Crippen LogP contribution in [-0.4, -0.2) is 44.8 Å². The number of pyridine rings is 1. The van der Waals surface area contributed by atoms with Crippen molar-refractivity contribution in [1.82, 2.24) is 15.2 Å². The molecule has 0 spiro atoms. The average Bonchev–Trinajstić information content (AvgIpc) is 2.87. The first-order valence-electron chi connectivity index (χ1n) is 7.54. The molecule has 0 unspecified atom stereocenters. The molecule has 1 aliphatic heterocycles. The molecule has 0 bridgehead atoms. The SMILES string of the molecule is O=C(N[C@@H]1CCCC[C@H]1N1C(=O)CSC1=O)c1ccc(=O)[nH]c1. The van der Waals surface area contributed by atoms with Crippen molar-refractivity contribution in [1.29, 1.82) is 0 Å². The Bertz CT molecular complexity index is 666. The number of rotatable bonds is 3. The molecule has 0 radical (unpaired) electrons. The average molecular weight is 335 g/mol. The summed E-state index contributed by atoms with van der Waals surface area (Å²) in [5, 5.41) is 2.68. The fourth-order valence-corrected chi connectivity index (χ4v) is 3.84. The van der Waals surface area contributed by atoms with E-state index in [2.05, 4.69) is 10.3 Å². The molecule has 2 aliphatic rings. The van der Waals surface area contributed by atoms with E-state index >= 15 is 0 Å². The summed E-state index contributed by atoms with van der Waals surface area (Å²) in [5.41, 5.74) is 0.0738. The molecule has 3 rings (SSSR count). The van der Waals surface area contributed by atoms with Crippen LogP contribution in [0.25, 0.3) is 0 Å². The van der Waals surface area contributed by atoms with Crippen molar-refractivity contribution in [3.63, 3.8) is 0 Å². The molecular formula is C15H17N3O4S. The van der Waals surface area contributed by atoms with Crippen LogP contribution in [0.2, 0.25) is 0 Å². The summed E-state index contributed by atoms with van der Waals surface area (Å²) in [6, 6.07) is 2.20. The maximum absolute atomic E-state index is 12.3. The number of imide groups is 1. The zero-order chi connectivity index (χ0) is 16.4. The second-order valence-electron chi connectivity index (χ2n) is 5.69. The minimum atomic E-state index is -0.315. The first-order chi connectivity index (χ1) is 11.1. The van der Waals surface area contributed by atoms with E-state index in [1.807, 2.05) is 0 Å². The lowest BCUT2D eigenvalue weighted by molar-refractivity contribution is -0.127. The molecule has 1 saturated heterocycles. The molecular weight excluding hydrogens is 318 g/mol. The highest BCUT2D eigenvalue weighted by molar-refractivity contribution is 8.14. The number of amides is 3. The predicted molar refractivity (Wildman–Crippen MR) is 85.3 cm³/mol. The summed E-state index contributed by atoms with van der Waals surface area (Å²) >= 11 is 1.01. The van der Waals surface area contributed by atoms with Gasteiger partial charge in [-0.1, -0.05) is 24.6 Å². The van der Waals surface area contributed by atoms with Crippen LogP contribution in [0, 0.1) is 0 Å². The highest BCUT2D eigenvalue weighted by Crippen LogP contribution is 2.30. The van der Waals surface area contributed by atoms with Crippen LogP contribution < -0.4 is 10.9 Å². The highest BCUT2D eigenvalue weighted by atomic mass is 32.2. The van der Waals surface area contributed by atoms with E-state index in [1.165, 1.54) is 23.2 Å². The van der Waals surface area contributed by atoms with Crippen LogP contribution in [0.5, 0.6) is 0 Å². The summed E-state index contributed by atoms with van der Waals surface area (Å²) in [5.74, 6) is -0.323. The third-order valence-corrected chi connectivity index (χ3v) is 5.04. The Morgan fingerprint density at radius 1 is 1.22 bits per heavy atom. The molecule has 2 fully saturated rings. The second kappa shape index (κ2) is 6.57. The summed E-state index contributed by atoms with van der Waals surface area (Å²) in [6.45, 7) is 0. The monoisotopic (exact) mass is 335 g/mol. The summed E-state index contributed by atoms with van der Waals surface area (Å²) in [6.07, 6.45) is 4.65. The molecule has 1 saturated carbocycles. The number of aromatic nitrogens is 1. The Morgan fingerprint density at radius 2 is 2.00 bits per heavy atom. The van der Waals surface area contributed by atoms with Crippen molar-refractivity contribution >= 4 is 28.8 Å². The number of carbonyl (C=O) groups is 3. The van der Waals surface area contributed by atoms with Crippen LogP contribution in [0.15, 0.2) is 23.1 Å². The molecule has 7 nitrogen and oxygen atoms in total. The number of carbonyl (C=O) groups excluding carboxylic acids is 3. The number of thioether (sulfide) groups is 1. The third-order valence-electron chi connectivity index (χ3n) is 4.21. The van der Waals surface area contributed by atoms with Crippen LogP contribution in [-0.2, 0) is 4.79 Å². The minimum absolute atomic E-state index is 0.177. The largest absolute Gasteiger partial charge is 0.347 e. The van der Waals surface area contributed by atoms with Gasteiger partial charge in [-0.15, -0.1) is 0 Å². The van der Waals surface area contributed by atoms with Gasteiger partial charge in [0.25, 0.3) is 11.1 Å². The maximum Gasteiger partial charge on any atom is 0.289 e. The van der Waals surface area contributed by atoms with Gasteiger partial charge in [-0.25, -0.2) is 0 Å². The number of hydrogen-bond acceptors (Lipinski definition) is 5. The van der Waals surface area contributed by atoms with Gasteiger partial charge in [0.1, 0.15) is 0 Å². The number of H-pyrrole nitrogens is 1. The smallest absolute Gasteiger partial charge is 0.289 e. The molecule has 1 aromatic heterocycles. The molecule has 2 heterocycles. The van der Waals surface area contributed by atoms with Crippen molar-refractivity contribution < 1.29 is 14.4 Å². The van der Waals surface area contributed by atoms with Gasteiger partial charge in [0.05, 0.1) is 23.4 Å². The van der Waals surface area contributed by atoms with Crippen LogP contribution >= 0.6 is 11.8 Å². The highest BCUT2D eigenvalue weighted by Gasteiger charge is 2.41. The fourth-order valence-electron chi connectivity index (χ4n) is 3.08. The zero-order valence-electron chi connectivity index (χ0n) is 12.4. The minimum Gasteiger partial charge on any atom is -0.347 e. The first kappa shape index (κ1) is 15.8. The van der Waals surface area contributed by atoms with Gasteiger partial charge in [-0.3, -0.25) is 24.1 Å². The number of hydrogen-bond donors (Lipinski definition) is 2. The molecule has 23 heavy (non-hydrogen) atoms. The van der Waals surface area contributed by atoms with Gasteiger partial charge in [0.15, 0.2) is 0 Å². The van der Waals surface area contributed by atoms with E-state index in [1.54, 1.807) is 0 Å². The zero-order valence-corrected chi connectivity index (χ0v) is 13.2. The fraction of sp³-hybridized carbons (Fsp3) is 0.467. The maximum atomic E-state index is 12.3. The van der Waals surface area contributed by atoms with Crippen molar-refractivity contribution in [2.75, 3.05) is 5.75 Å². The quantitative estimate of drug-likeness (QED) is 0.862. The number of nitrogens with one attached hydrogen (secondary N) is 2. The van der Waals surface area contributed by atoms with Crippen LogP contribution in [0.1, 0.15) is 36.0 Å². The predicted octanol–water partition coefficient (Wildman–Crippen LogP) is 1.11. The molecule has 2 N–H and O–H groups in total. The van der Waals surface area contributed by atoms with Crippen molar-refractivity contribution in [3.05, 3.63) is 34.2 Å². The molecule has 3 amide bonds. The Hall–Kier alpha value is -2.09. The van der Waals surface area contributed by atoms with E-state index in [-0.39, 0.29) is 40.4 Å². The molecule has 1 aromatic rings. The van der Waals surface area contributed by atoms with Crippen molar-refractivity contribution in [2.45, 2.75) is 37.8 Å². The number of aromatic amines is 1. The Morgan fingerprint density at radius 3 is 2.65 bits per heavy atom. The van der Waals surface area contributed by atoms with Crippen molar-refractivity contribution in [2.24, 2.45) is 0 Å². The van der Waals surface area contributed by atoms with E-state index in [9.17, 15) is 19.2 Å². The second-order valence-corrected chi connectivity index (χ2v) is 6.62. The molecule has 2 atom stereocenters. The third kappa shape index (κ3) is 3.31. The van der Waals surface area contributed by atoms with Crippen LogP contribution in [0.3, 0.4) is 0 Å². The van der Waals surface area contributed by atoms with Gasteiger partial charge in [-0.05, 0) is 18.9 Å². The van der Waals surface area contributed by atoms with E-state index < -0.39 is 0 Å². The molecule has 8 heteroatoms. The number of nitrogens with zero attached hydrogens (tertiary/aromatic N) is 1. The molecule has 1 aliphatic carbocycles. The Labute approximate surface area is 136 Å². The van der Waals surface area contributed by atoms with E-state index in [0.29, 0.717) is 12.0 Å². The summed E-state index contributed by atoms with van der Waals surface area (Å²) in [7, 11) is 0. The molecule has 0 aromatic carbocycles. The first-order valence-corrected chi connectivity index (χ1v) is 8.53. The normalized spacial score (nSPS) is 24.8. The summed E-state index contributed by atoms with van der Waals surface area (Å²) < 4.78 is 0. The van der Waals surface area contributed by atoms with Gasteiger partial charge in [-0.2, -0.15) is 0 Å². The lowest BCUT2D eigenvalue weighted by Gasteiger charge is -2.36. The van der Waals surface area contributed by atoms with Crippen molar-refractivity contribution in [3.8, 4) is 0 Å². The van der Waals surface area contributed by atoms with E-state index in [4.69, 9.17) is 0 Å². The lowest BCUT2D eigenvalue weighted by Crippen LogP contribution is -2.54.